The van der Waals surface area contributed by atoms with Crippen molar-refractivity contribution in [3.05, 3.63) is 33.0 Å². The Morgan fingerprint density at radius 3 is 2.95 bits per heavy atom. The van der Waals surface area contributed by atoms with Gasteiger partial charge in [-0.25, -0.2) is 4.39 Å². The minimum absolute atomic E-state index is 0.0568. The zero-order valence-electron chi connectivity index (χ0n) is 12.3. The fourth-order valence-electron chi connectivity index (χ4n) is 2.70. The standard InChI is InChI=1S/C16H22BrClFNO/c1-2-8-20-14(10-11-5-3-4-9-21-11)12-6-7-13(17)15(18)16(12)19/h6-7,11,14,20H,2-5,8-10H2,1H3. The molecule has 0 radical (unpaired) electrons. The van der Waals surface area contributed by atoms with E-state index >= 15 is 0 Å². The Labute approximate surface area is 139 Å². The highest BCUT2D eigenvalue weighted by Gasteiger charge is 2.24. The predicted octanol–water partition coefficient (Wildman–Crippen LogP) is 5.24. The number of benzene rings is 1. The summed E-state index contributed by atoms with van der Waals surface area (Å²) >= 11 is 9.29. The number of hydrogen-bond donors (Lipinski definition) is 1. The average molecular weight is 379 g/mol. The number of rotatable bonds is 6. The van der Waals surface area contributed by atoms with Crippen molar-refractivity contribution in [1.82, 2.24) is 5.32 Å². The van der Waals surface area contributed by atoms with Crippen molar-refractivity contribution in [2.24, 2.45) is 0 Å². The maximum atomic E-state index is 14.5. The van der Waals surface area contributed by atoms with Gasteiger partial charge < -0.3 is 10.1 Å². The Morgan fingerprint density at radius 1 is 1.48 bits per heavy atom. The Balaban J connectivity index is 2.16. The first kappa shape index (κ1) is 17.2. The van der Waals surface area contributed by atoms with Crippen LogP contribution in [0.4, 0.5) is 4.39 Å². The summed E-state index contributed by atoms with van der Waals surface area (Å²) < 4.78 is 20.8. The minimum Gasteiger partial charge on any atom is -0.378 e. The molecule has 5 heteroatoms. The molecule has 2 atom stereocenters. The number of nitrogens with one attached hydrogen (secondary N) is 1. The van der Waals surface area contributed by atoms with Gasteiger partial charge in [-0.3, -0.25) is 0 Å². The van der Waals surface area contributed by atoms with E-state index in [1.54, 1.807) is 6.07 Å². The highest BCUT2D eigenvalue weighted by molar-refractivity contribution is 9.10. The molecule has 21 heavy (non-hydrogen) atoms. The molecule has 0 bridgehead atoms. The second-order valence-corrected chi connectivity index (χ2v) is 6.73. The molecular weight excluding hydrogens is 357 g/mol. The lowest BCUT2D eigenvalue weighted by Gasteiger charge is -2.28. The SMILES string of the molecule is CCCNC(CC1CCCCO1)c1ccc(Br)c(Cl)c1F. The Bertz CT molecular complexity index is 466. The molecule has 2 rings (SSSR count). The first-order valence-electron chi connectivity index (χ1n) is 7.61. The fraction of sp³-hybridized carbons (Fsp3) is 0.625. The van der Waals surface area contributed by atoms with Crippen LogP contribution in [-0.2, 0) is 4.74 Å². The fourth-order valence-corrected chi connectivity index (χ4v) is 3.18. The van der Waals surface area contributed by atoms with Crippen LogP contribution in [0.1, 0.15) is 50.6 Å². The lowest BCUT2D eigenvalue weighted by atomic mass is 9.96. The third-order valence-electron chi connectivity index (χ3n) is 3.85. The maximum Gasteiger partial charge on any atom is 0.147 e. The molecule has 1 aliphatic heterocycles. The van der Waals surface area contributed by atoms with Gasteiger partial charge in [0.1, 0.15) is 5.82 Å². The van der Waals surface area contributed by atoms with Crippen LogP contribution in [0.3, 0.4) is 0 Å². The van der Waals surface area contributed by atoms with Gasteiger partial charge in [0.25, 0.3) is 0 Å². The lowest BCUT2D eigenvalue weighted by Crippen LogP contribution is -2.30. The molecule has 2 nitrogen and oxygen atoms in total. The first-order chi connectivity index (χ1) is 10.1. The van der Waals surface area contributed by atoms with E-state index in [0.717, 1.165) is 38.8 Å². The smallest absolute Gasteiger partial charge is 0.147 e. The molecule has 1 aromatic carbocycles. The molecule has 0 saturated carbocycles. The summed E-state index contributed by atoms with van der Waals surface area (Å²) in [6, 6.07) is 3.56. The minimum atomic E-state index is -0.338. The second-order valence-electron chi connectivity index (χ2n) is 5.50. The van der Waals surface area contributed by atoms with Gasteiger partial charge in [-0.2, -0.15) is 0 Å². The molecule has 118 valence electrons. The molecule has 0 aromatic heterocycles. The van der Waals surface area contributed by atoms with Gasteiger partial charge in [-0.15, -0.1) is 0 Å². The van der Waals surface area contributed by atoms with Crippen LogP contribution in [0.5, 0.6) is 0 Å². The van der Waals surface area contributed by atoms with Gasteiger partial charge in [0.05, 0.1) is 11.1 Å². The molecule has 1 heterocycles. The van der Waals surface area contributed by atoms with Crippen LogP contribution in [0.2, 0.25) is 5.02 Å². The third-order valence-corrected chi connectivity index (χ3v) is 5.11. The van der Waals surface area contributed by atoms with Crippen LogP contribution in [0.15, 0.2) is 16.6 Å². The lowest BCUT2D eigenvalue weighted by molar-refractivity contribution is 0.00486. The highest BCUT2D eigenvalue weighted by atomic mass is 79.9. The molecular formula is C16H22BrClFNO. The van der Waals surface area contributed by atoms with E-state index in [-0.39, 0.29) is 23.0 Å². The van der Waals surface area contributed by atoms with E-state index in [2.05, 4.69) is 28.2 Å². The average Bonchev–Trinajstić information content (AvgIpc) is 2.51. The molecule has 0 amide bonds. The van der Waals surface area contributed by atoms with E-state index in [4.69, 9.17) is 16.3 Å². The van der Waals surface area contributed by atoms with Crippen LogP contribution in [-0.4, -0.2) is 19.3 Å². The van der Waals surface area contributed by atoms with Gasteiger partial charge in [-0.05, 0) is 60.6 Å². The number of hydrogen-bond acceptors (Lipinski definition) is 2. The third kappa shape index (κ3) is 4.65. The van der Waals surface area contributed by atoms with Gasteiger partial charge in [0.2, 0.25) is 0 Å². The second kappa shape index (κ2) is 8.47. The van der Waals surface area contributed by atoms with Gasteiger partial charge in [0.15, 0.2) is 0 Å². The summed E-state index contributed by atoms with van der Waals surface area (Å²) in [6.07, 6.45) is 5.37. The molecule has 1 fully saturated rings. The molecule has 1 aromatic rings. The summed E-state index contributed by atoms with van der Waals surface area (Å²) in [4.78, 5) is 0. The monoisotopic (exact) mass is 377 g/mol. The Hall–Kier alpha value is -0.160. The van der Waals surface area contributed by atoms with Crippen molar-refractivity contribution < 1.29 is 9.13 Å². The summed E-state index contributed by atoms with van der Waals surface area (Å²) in [5, 5.41) is 3.58. The van der Waals surface area contributed by atoms with Crippen molar-refractivity contribution in [3.63, 3.8) is 0 Å². The molecule has 1 N–H and O–H groups in total. The summed E-state index contributed by atoms with van der Waals surface area (Å²) in [5.41, 5.74) is 0.630. The van der Waals surface area contributed by atoms with Crippen LogP contribution in [0, 0.1) is 5.82 Å². The highest BCUT2D eigenvalue weighted by Crippen LogP contribution is 2.33. The summed E-state index contributed by atoms with van der Waals surface area (Å²) in [5.74, 6) is -0.338. The van der Waals surface area contributed by atoms with Gasteiger partial charge >= 0.3 is 0 Å². The predicted molar refractivity (Wildman–Crippen MR) is 88.4 cm³/mol. The van der Waals surface area contributed by atoms with E-state index in [1.165, 1.54) is 6.42 Å². The largest absolute Gasteiger partial charge is 0.378 e. The molecule has 0 aliphatic carbocycles. The number of ether oxygens (including phenoxy) is 1. The quantitative estimate of drug-likeness (QED) is 0.683. The molecule has 1 saturated heterocycles. The topological polar surface area (TPSA) is 21.3 Å². The van der Waals surface area contributed by atoms with Crippen LogP contribution < -0.4 is 5.32 Å². The molecule has 1 aliphatic rings. The summed E-state index contributed by atoms with van der Waals surface area (Å²) in [7, 11) is 0. The van der Waals surface area contributed by atoms with Crippen molar-refractivity contribution in [1.29, 1.82) is 0 Å². The first-order valence-corrected chi connectivity index (χ1v) is 8.79. The van der Waals surface area contributed by atoms with Gasteiger partial charge in [0, 0.05) is 22.7 Å². The van der Waals surface area contributed by atoms with E-state index in [1.807, 2.05) is 6.07 Å². The van der Waals surface area contributed by atoms with Crippen molar-refractivity contribution in [2.75, 3.05) is 13.2 Å². The van der Waals surface area contributed by atoms with Crippen LogP contribution >= 0.6 is 27.5 Å². The Kier molecular flexibility index (Phi) is 6.93. The van der Waals surface area contributed by atoms with Crippen LogP contribution in [0.25, 0.3) is 0 Å². The van der Waals surface area contributed by atoms with E-state index in [0.29, 0.717) is 10.0 Å². The zero-order valence-corrected chi connectivity index (χ0v) is 14.6. The normalized spacial score (nSPS) is 20.5. The van der Waals surface area contributed by atoms with E-state index in [9.17, 15) is 4.39 Å². The number of halogens is 3. The van der Waals surface area contributed by atoms with Crippen molar-refractivity contribution >= 4 is 27.5 Å². The van der Waals surface area contributed by atoms with Crippen molar-refractivity contribution in [3.8, 4) is 0 Å². The zero-order chi connectivity index (χ0) is 15.2. The molecule has 2 unspecified atom stereocenters. The Morgan fingerprint density at radius 2 is 2.29 bits per heavy atom. The summed E-state index contributed by atoms with van der Waals surface area (Å²) in [6.45, 7) is 3.77. The maximum absolute atomic E-state index is 14.5. The van der Waals surface area contributed by atoms with E-state index < -0.39 is 0 Å². The van der Waals surface area contributed by atoms with Crippen molar-refractivity contribution in [2.45, 2.75) is 51.2 Å². The van der Waals surface area contributed by atoms with Gasteiger partial charge in [-0.1, -0.05) is 24.6 Å². The molecule has 0 spiro atoms.